The molecule has 3 heteroatoms. The van der Waals surface area contributed by atoms with Crippen LogP contribution in [0.25, 0.3) is 0 Å². The fourth-order valence-electron chi connectivity index (χ4n) is 2.88. The van der Waals surface area contributed by atoms with Crippen LogP contribution in [-0.4, -0.2) is 21.3 Å². The molecule has 0 aliphatic heterocycles. The van der Waals surface area contributed by atoms with Gasteiger partial charge in [-0.2, -0.15) is 0 Å². The van der Waals surface area contributed by atoms with E-state index in [9.17, 15) is 0 Å². The van der Waals surface area contributed by atoms with Gasteiger partial charge in [0.1, 0.15) is 0 Å². The molecule has 1 atom stereocenters. The molecule has 0 aliphatic rings. The second kappa shape index (κ2) is 14.7. The maximum atomic E-state index is 6.55. The van der Waals surface area contributed by atoms with Gasteiger partial charge < -0.3 is 8.85 Å². The molecule has 0 aromatic rings. The standard InChI is InChI=1S/C19H42O2Si/c1-6-11-13-14-15-16-18-20-22(9-4,10-5)21-19(8-3)17-12-7-2/h19H,6-18H2,1-5H3. The van der Waals surface area contributed by atoms with E-state index in [1.165, 1.54) is 57.8 Å². The normalized spacial score (nSPS) is 13.5. The van der Waals surface area contributed by atoms with Crippen molar-refractivity contribution in [1.82, 2.24) is 0 Å². The van der Waals surface area contributed by atoms with E-state index in [0.29, 0.717) is 6.10 Å². The zero-order chi connectivity index (χ0) is 16.7. The predicted molar refractivity (Wildman–Crippen MR) is 101 cm³/mol. The van der Waals surface area contributed by atoms with Crippen LogP contribution in [0.3, 0.4) is 0 Å². The maximum absolute atomic E-state index is 6.55. The molecule has 0 N–H and O–H groups in total. The Hall–Kier alpha value is 0.137. The lowest BCUT2D eigenvalue weighted by atomic mass is 10.1. The van der Waals surface area contributed by atoms with Crippen molar-refractivity contribution in [3.63, 3.8) is 0 Å². The predicted octanol–water partition coefficient (Wildman–Crippen LogP) is 6.83. The number of hydrogen-bond donors (Lipinski definition) is 0. The minimum atomic E-state index is -1.95. The summed E-state index contributed by atoms with van der Waals surface area (Å²) in [5.41, 5.74) is 0. The van der Waals surface area contributed by atoms with Crippen LogP contribution in [0.1, 0.15) is 98.8 Å². The third-order valence-corrected chi connectivity index (χ3v) is 8.30. The molecule has 22 heavy (non-hydrogen) atoms. The highest BCUT2D eigenvalue weighted by molar-refractivity contribution is 6.67. The summed E-state index contributed by atoms with van der Waals surface area (Å²) in [4.78, 5) is 0. The molecule has 0 radical (unpaired) electrons. The summed E-state index contributed by atoms with van der Waals surface area (Å²) in [6.07, 6.45) is 13.2. The minimum Gasteiger partial charge on any atom is -0.394 e. The molecule has 1 unspecified atom stereocenters. The van der Waals surface area contributed by atoms with Gasteiger partial charge in [0, 0.05) is 12.7 Å². The van der Waals surface area contributed by atoms with Gasteiger partial charge in [-0.05, 0) is 31.4 Å². The van der Waals surface area contributed by atoms with Crippen molar-refractivity contribution in [3.05, 3.63) is 0 Å². The van der Waals surface area contributed by atoms with Gasteiger partial charge in [-0.3, -0.25) is 0 Å². The molecule has 0 saturated heterocycles. The topological polar surface area (TPSA) is 18.5 Å². The highest BCUT2D eigenvalue weighted by atomic mass is 28.4. The number of rotatable bonds is 16. The lowest BCUT2D eigenvalue weighted by Crippen LogP contribution is -2.44. The summed E-state index contributed by atoms with van der Waals surface area (Å²) in [5.74, 6) is 0. The van der Waals surface area contributed by atoms with Gasteiger partial charge in [0.05, 0.1) is 0 Å². The lowest BCUT2D eigenvalue weighted by Gasteiger charge is -2.33. The fraction of sp³-hybridized carbons (Fsp3) is 1.00. The average molecular weight is 331 g/mol. The van der Waals surface area contributed by atoms with Gasteiger partial charge in [-0.15, -0.1) is 0 Å². The van der Waals surface area contributed by atoms with Crippen LogP contribution in [-0.2, 0) is 8.85 Å². The van der Waals surface area contributed by atoms with Gasteiger partial charge in [-0.25, -0.2) is 0 Å². The first kappa shape index (κ1) is 22.1. The van der Waals surface area contributed by atoms with Gasteiger partial charge >= 0.3 is 8.56 Å². The Labute approximate surface area is 141 Å². The van der Waals surface area contributed by atoms with E-state index in [-0.39, 0.29) is 0 Å². The Morgan fingerprint density at radius 2 is 1.32 bits per heavy atom. The molecule has 0 aliphatic carbocycles. The first-order valence-electron chi connectivity index (χ1n) is 9.99. The Morgan fingerprint density at radius 3 is 1.86 bits per heavy atom. The molecular weight excluding hydrogens is 288 g/mol. The number of unbranched alkanes of at least 4 members (excludes halogenated alkanes) is 6. The monoisotopic (exact) mass is 330 g/mol. The summed E-state index contributed by atoms with van der Waals surface area (Å²) in [6, 6.07) is 2.17. The summed E-state index contributed by atoms with van der Waals surface area (Å²) in [7, 11) is -1.95. The average Bonchev–Trinajstić information content (AvgIpc) is 2.56. The van der Waals surface area contributed by atoms with Gasteiger partial charge in [0.2, 0.25) is 0 Å². The summed E-state index contributed by atoms with van der Waals surface area (Å²) in [6.45, 7) is 12.2. The van der Waals surface area contributed by atoms with Crippen LogP contribution in [0.4, 0.5) is 0 Å². The zero-order valence-electron chi connectivity index (χ0n) is 16.1. The van der Waals surface area contributed by atoms with E-state index in [2.05, 4.69) is 34.6 Å². The quantitative estimate of drug-likeness (QED) is 0.228. The van der Waals surface area contributed by atoms with E-state index in [1.807, 2.05) is 0 Å². The molecule has 0 bridgehead atoms. The summed E-state index contributed by atoms with van der Waals surface area (Å²) < 4.78 is 12.9. The SMILES string of the molecule is CCCCCCCCO[Si](CC)(CC)OC(CC)CCCC. The first-order chi connectivity index (χ1) is 10.7. The van der Waals surface area contributed by atoms with Crippen LogP contribution < -0.4 is 0 Å². The Kier molecular flexibility index (Phi) is 14.8. The molecule has 0 aromatic carbocycles. The maximum Gasteiger partial charge on any atom is 0.337 e. The highest BCUT2D eigenvalue weighted by Crippen LogP contribution is 2.24. The van der Waals surface area contributed by atoms with Crippen LogP contribution in [0.5, 0.6) is 0 Å². The molecule has 0 rings (SSSR count). The van der Waals surface area contributed by atoms with Gasteiger partial charge in [-0.1, -0.05) is 79.6 Å². The first-order valence-corrected chi connectivity index (χ1v) is 12.2. The highest BCUT2D eigenvalue weighted by Gasteiger charge is 2.35. The van der Waals surface area contributed by atoms with Crippen molar-refractivity contribution in [2.24, 2.45) is 0 Å². The second-order valence-corrected chi connectivity index (χ2v) is 10.3. The van der Waals surface area contributed by atoms with E-state index in [4.69, 9.17) is 8.85 Å². The Balaban J connectivity index is 4.13. The molecular formula is C19H42O2Si. The molecule has 0 aromatic heterocycles. The van der Waals surface area contributed by atoms with Crippen molar-refractivity contribution >= 4 is 8.56 Å². The molecule has 0 saturated carbocycles. The molecule has 0 heterocycles. The zero-order valence-corrected chi connectivity index (χ0v) is 17.1. The summed E-state index contributed by atoms with van der Waals surface area (Å²) in [5, 5.41) is 0. The minimum absolute atomic E-state index is 0.413. The molecule has 0 amide bonds. The van der Waals surface area contributed by atoms with Crippen LogP contribution in [0, 0.1) is 0 Å². The van der Waals surface area contributed by atoms with Gasteiger partial charge in [0.15, 0.2) is 0 Å². The Bertz CT molecular complexity index is 229. The summed E-state index contributed by atoms with van der Waals surface area (Å²) >= 11 is 0. The van der Waals surface area contributed by atoms with Crippen LogP contribution in [0.15, 0.2) is 0 Å². The molecule has 0 fully saturated rings. The lowest BCUT2D eigenvalue weighted by molar-refractivity contribution is 0.101. The second-order valence-electron chi connectivity index (χ2n) is 6.52. The van der Waals surface area contributed by atoms with Crippen molar-refractivity contribution < 1.29 is 8.85 Å². The van der Waals surface area contributed by atoms with Crippen molar-refractivity contribution in [3.8, 4) is 0 Å². The Morgan fingerprint density at radius 1 is 0.727 bits per heavy atom. The molecule has 134 valence electrons. The fourth-order valence-corrected chi connectivity index (χ4v) is 5.60. The third kappa shape index (κ3) is 10.0. The third-order valence-electron chi connectivity index (χ3n) is 4.66. The van der Waals surface area contributed by atoms with Gasteiger partial charge in [0.25, 0.3) is 0 Å². The largest absolute Gasteiger partial charge is 0.394 e. The van der Waals surface area contributed by atoms with Crippen LogP contribution >= 0.6 is 0 Å². The molecule has 0 spiro atoms. The smallest absolute Gasteiger partial charge is 0.337 e. The van der Waals surface area contributed by atoms with E-state index in [1.54, 1.807) is 0 Å². The van der Waals surface area contributed by atoms with Crippen molar-refractivity contribution in [2.45, 2.75) is 117 Å². The van der Waals surface area contributed by atoms with E-state index < -0.39 is 8.56 Å². The van der Waals surface area contributed by atoms with E-state index >= 15 is 0 Å². The van der Waals surface area contributed by atoms with E-state index in [0.717, 1.165) is 25.1 Å². The van der Waals surface area contributed by atoms with Crippen LogP contribution in [0.2, 0.25) is 12.1 Å². The van der Waals surface area contributed by atoms with Crippen molar-refractivity contribution in [2.75, 3.05) is 6.61 Å². The molecule has 2 nitrogen and oxygen atoms in total. The number of hydrogen-bond acceptors (Lipinski definition) is 2. The van der Waals surface area contributed by atoms with Crippen molar-refractivity contribution in [1.29, 1.82) is 0 Å².